The van der Waals surface area contributed by atoms with Gasteiger partial charge < -0.3 is 20.5 Å². The fourth-order valence-electron chi connectivity index (χ4n) is 5.11. The molecule has 1 saturated heterocycles. The number of anilines is 1. The highest BCUT2D eigenvalue weighted by Crippen LogP contribution is 2.34. The maximum Gasteiger partial charge on any atom is 0.254 e. The van der Waals surface area contributed by atoms with E-state index in [2.05, 4.69) is 26.7 Å². The van der Waals surface area contributed by atoms with E-state index in [-0.39, 0.29) is 29.3 Å². The van der Waals surface area contributed by atoms with E-state index in [1.165, 1.54) is 5.57 Å². The van der Waals surface area contributed by atoms with E-state index in [1.807, 2.05) is 18.3 Å². The van der Waals surface area contributed by atoms with Crippen molar-refractivity contribution in [1.29, 1.82) is 0 Å². The quantitative estimate of drug-likeness (QED) is 0.481. The lowest BCUT2D eigenvalue weighted by Crippen LogP contribution is -2.61. The minimum absolute atomic E-state index is 0.0387. The standard InChI is InChI=1S/C27H27F2N5O2/c28-18-9-17(10-19(29)11-18)27(36)34-13-21(14-34)31-20-5-3-15(4-6-20)23-12-24(33-26(35)16-1-2-16)32-25-22(23)7-8-30-25/h3,7-12,16,20-21,31H,1-2,4-6,13-14H2,(H2,30,32,33,35). The molecule has 1 unspecified atom stereocenters. The number of nitrogens with one attached hydrogen (secondary N) is 3. The second kappa shape index (κ2) is 9.13. The molecule has 2 fully saturated rings. The first-order chi connectivity index (χ1) is 17.4. The molecular formula is C27H27F2N5O2. The molecule has 9 heteroatoms. The van der Waals surface area contributed by atoms with Crippen molar-refractivity contribution >= 4 is 34.2 Å². The van der Waals surface area contributed by atoms with E-state index in [9.17, 15) is 18.4 Å². The first kappa shape index (κ1) is 22.8. The van der Waals surface area contributed by atoms with Crippen LogP contribution in [-0.2, 0) is 4.79 Å². The molecular weight excluding hydrogens is 464 g/mol. The third-order valence-corrected chi connectivity index (χ3v) is 7.23. The van der Waals surface area contributed by atoms with Crippen LogP contribution in [0.25, 0.3) is 16.6 Å². The van der Waals surface area contributed by atoms with Gasteiger partial charge in [0.2, 0.25) is 5.91 Å². The number of allylic oxidation sites excluding steroid dienone is 1. The van der Waals surface area contributed by atoms with Gasteiger partial charge in [0.15, 0.2) is 0 Å². The van der Waals surface area contributed by atoms with Crippen LogP contribution in [0.1, 0.15) is 48.0 Å². The molecule has 0 bridgehead atoms. The summed E-state index contributed by atoms with van der Waals surface area (Å²) >= 11 is 0. The van der Waals surface area contributed by atoms with Crippen molar-refractivity contribution in [3.05, 3.63) is 65.4 Å². The largest absolute Gasteiger partial charge is 0.346 e. The summed E-state index contributed by atoms with van der Waals surface area (Å²) in [5.41, 5.74) is 3.13. The Bertz CT molecular complexity index is 1350. The summed E-state index contributed by atoms with van der Waals surface area (Å²) in [5, 5.41) is 7.62. The Balaban J connectivity index is 1.07. The predicted molar refractivity (Wildman–Crippen MR) is 132 cm³/mol. The van der Waals surface area contributed by atoms with Gasteiger partial charge in [-0.15, -0.1) is 0 Å². The number of hydrogen-bond acceptors (Lipinski definition) is 4. The smallest absolute Gasteiger partial charge is 0.254 e. The van der Waals surface area contributed by atoms with E-state index in [4.69, 9.17) is 0 Å². The molecule has 6 rings (SSSR count). The van der Waals surface area contributed by atoms with Gasteiger partial charge in [0.05, 0.1) is 0 Å². The summed E-state index contributed by atoms with van der Waals surface area (Å²) in [6.07, 6.45) is 8.68. The molecule has 3 aliphatic rings. The van der Waals surface area contributed by atoms with Crippen LogP contribution in [0.5, 0.6) is 0 Å². The molecule has 3 heterocycles. The Hall–Kier alpha value is -3.59. The molecule has 1 aliphatic heterocycles. The first-order valence-electron chi connectivity index (χ1n) is 12.4. The summed E-state index contributed by atoms with van der Waals surface area (Å²) < 4.78 is 26.9. The highest BCUT2D eigenvalue weighted by atomic mass is 19.1. The van der Waals surface area contributed by atoms with Crippen molar-refractivity contribution in [1.82, 2.24) is 20.2 Å². The third-order valence-electron chi connectivity index (χ3n) is 7.23. The van der Waals surface area contributed by atoms with E-state index in [0.29, 0.717) is 24.9 Å². The number of H-pyrrole nitrogens is 1. The molecule has 3 N–H and O–H groups in total. The maximum atomic E-state index is 13.4. The number of nitrogens with zero attached hydrogens (tertiary/aromatic N) is 2. The highest BCUT2D eigenvalue weighted by molar-refractivity contribution is 5.97. The number of fused-ring (bicyclic) bond motifs is 1. The lowest BCUT2D eigenvalue weighted by Gasteiger charge is -2.42. The lowest BCUT2D eigenvalue weighted by molar-refractivity contribution is -0.117. The number of benzene rings is 1. The zero-order valence-electron chi connectivity index (χ0n) is 19.7. The number of carbonyl (C=O) groups is 2. The van der Waals surface area contributed by atoms with Crippen LogP contribution >= 0.6 is 0 Å². The average Bonchev–Trinajstić information content (AvgIpc) is 3.58. The zero-order chi connectivity index (χ0) is 24.8. The number of aromatic amines is 1. The summed E-state index contributed by atoms with van der Waals surface area (Å²) in [6.45, 7) is 1.03. The Kier molecular flexibility index (Phi) is 5.79. The van der Waals surface area contributed by atoms with E-state index < -0.39 is 11.6 Å². The lowest BCUT2D eigenvalue weighted by atomic mass is 9.89. The monoisotopic (exact) mass is 491 g/mol. The van der Waals surface area contributed by atoms with Crippen LogP contribution < -0.4 is 10.6 Å². The van der Waals surface area contributed by atoms with Gasteiger partial charge in [-0.1, -0.05) is 6.08 Å². The Morgan fingerprint density at radius 2 is 1.81 bits per heavy atom. The van der Waals surface area contributed by atoms with Crippen LogP contribution in [0.4, 0.5) is 14.6 Å². The zero-order valence-corrected chi connectivity index (χ0v) is 19.7. The minimum Gasteiger partial charge on any atom is -0.346 e. The highest BCUT2D eigenvalue weighted by Gasteiger charge is 2.33. The summed E-state index contributed by atoms with van der Waals surface area (Å²) in [6, 6.07) is 7.35. The normalized spacial score (nSPS) is 20.2. The number of hydrogen-bond donors (Lipinski definition) is 3. The molecule has 2 aliphatic carbocycles. The SMILES string of the molecule is O=C(Nc1cc(C2=CCC(NC3CN(C(=O)c4cc(F)cc(F)c4)C3)CC2)c2cc[nH]c2n1)C1CC1. The van der Waals surface area contributed by atoms with Gasteiger partial charge in [-0.3, -0.25) is 9.59 Å². The number of halogens is 2. The Labute approximate surface area is 207 Å². The summed E-state index contributed by atoms with van der Waals surface area (Å²) in [5.74, 6) is -1.12. The average molecular weight is 492 g/mol. The second-order valence-electron chi connectivity index (χ2n) is 9.99. The van der Waals surface area contributed by atoms with Crippen LogP contribution in [0.15, 0.2) is 42.6 Å². The second-order valence-corrected chi connectivity index (χ2v) is 9.99. The Morgan fingerprint density at radius 1 is 1.03 bits per heavy atom. The topological polar surface area (TPSA) is 90.1 Å². The number of amides is 2. The summed E-state index contributed by atoms with van der Waals surface area (Å²) in [7, 11) is 0. The van der Waals surface area contributed by atoms with E-state index >= 15 is 0 Å². The number of aromatic nitrogens is 2. The molecule has 186 valence electrons. The molecule has 1 aromatic carbocycles. The van der Waals surface area contributed by atoms with Gasteiger partial charge in [0.25, 0.3) is 5.91 Å². The predicted octanol–water partition coefficient (Wildman–Crippen LogP) is 4.24. The minimum atomic E-state index is -0.748. The fraction of sp³-hybridized carbons (Fsp3) is 0.370. The van der Waals surface area contributed by atoms with Crippen molar-refractivity contribution in [2.24, 2.45) is 5.92 Å². The van der Waals surface area contributed by atoms with Crippen LogP contribution in [0.3, 0.4) is 0 Å². The van der Waals surface area contributed by atoms with Crippen molar-refractivity contribution in [3.63, 3.8) is 0 Å². The molecule has 0 radical (unpaired) electrons. The van der Waals surface area contributed by atoms with Gasteiger partial charge in [-0.05, 0) is 67.5 Å². The number of likely N-dealkylation sites (tertiary alicyclic amines) is 1. The third kappa shape index (κ3) is 4.63. The van der Waals surface area contributed by atoms with Crippen LogP contribution in [0.2, 0.25) is 0 Å². The van der Waals surface area contributed by atoms with Crippen molar-refractivity contribution in [3.8, 4) is 0 Å². The van der Waals surface area contributed by atoms with Gasteiger partial charge in [-0.2, -0.15) is 0 Å². The van der Waals surface area contributed by atoms with E-state index in [0.717, 1.165) is 66.9 Å². The molecule has 7 nitrogen and oxygen atoms in total. The molecule has 2 aromatic heterocycles. The molecule has 36 heavy (non-hydrogen) atoms. The molecule has 1 saturated carbocycles. The molecule has 0 spiro atoms. The Morgan fingerprint density at radius 3 is 2.50 bits per heavy atom. The molecule has 2 amide bonds. The summed E-state index contributed by atoms with van der Waals surface area (Å²) in [4.78, 5) is 34.1. The number of carbonyl (C=O) groups excluding carboxylic acids is 2. The van der Waals surface area contributed by atoms with Crippen LogP contribution in [-0.4, -0.2) is 51.9 Å². The van der Waals surface area contributed by atoms with Gasteiger partial charge in [0, 0.05) is 54.3 Å². The van der Waals surface area contributed by atoms with Gasteiger partial charge in [0.1, 0.15) is 23.1 Å². The van der Waals surface area contributed by atoms with Crippen LogP contribution in [0, 0.1) is 17.6 Å². The number of rotatable bonds is 6. The molecule has 1 atom stereocenters. The van der Waals surface area contributed by atoms with Gasteiger partial charge >= 0.3 is 0 Å². The van der Waals surface area contributed by atoms with E-state index in [1.54, 1.807) is 4.90 Å². The van der Waals surface area contributed by atoms with Crippen molar-refractivity contribution < 1.29 is 18.4 Å². The van der Waals surface area contributed by atoms with Crippen molar-refractivity contribution in [2.75, 3.05) is 18.4 Å². The number of pyridine rings is 1. The molecule has 3 aromatic rings. The van der Waals surface area contributed by atoms with Crippen molar-refractivity contribution in [2.45, 2.75) is 44.2 Å². The fourth-order valence-corrected chi connectivity index (χ4v) is 5.11. The first-order valence-corrected chi connectivity index (χ1v) is 12.4. The maximum absolute atomic E-state index is 13.4. The van der Waals surface area contributed by atoms with Gasteiger partial charge in [-0.25, -0.2) is 13.8 Å².